The largest absolute Gasteiger partial charge is 0.478 e. The summed E-state index contributed by atoms with van der Waals surface area (Å²) in [6.45, 7) is 5.44. The fraction of sp³-hybridized carbons (Fsp3) is 0.237. The molecule has 7 heteroatoms. The summed E-state index contributed by atoms with van der Waals surface area (Å²) in [4.78, 5) is 30.2. The number of carboxylic acid groups (broad SMARTS) is 1. The van der Waals surface area contributed by atoms with Gasteiger partial charge in [-0.1, -0.05) is 61.9 Å². The van der Waals surface area contributed by atoms with E-state index in [2.05, 4.69) is 41.1 Å². The van der Waals surface area contributed by atoms with Crippen molar-refractivity contribution in [3.05, 3.63) is 131 Å². The summed E-state index contributed by atoms with van der Waals surface area (Å²) in [5.74, 6) is -0.00469. The number of nitrogens with one attached hydrogen (secondary N) is 1. The summed E-state index contributed by atoms with van der Waals surface area (Å²) < 4.78 is 4.18. The first-order chi connectivity index (χ1) is 21.9. The number of carbonyl (C=O) groups is 2. The number of fused-ring (bicyclic) bond motifs is 2. The van der Waals surface area contributed by atoms with Crippen LogP contribution in [0.4, 0.5) is 0 Å². The molecule has 0 bridgehead atoms. The average molecular weight is 599 g/mol. The molecule has 2 N–H and O–H groups in total. The van der Waals surface area contributed by atoms with Crippen molar-refractivity contribution in [1.29, 1.82) is 0 Å². The SMILES string of the molecule is CCCCc1nc2c(C)cc(C(=O)NCCCc3ccccc3)cc2n1Cc1ccc2c(ccn2-c2ccccc2C(=O)O)c1. The number of rotatable bonds is 12. The summed E-state index contributed by atoms with van der Waals surface area (Å²) in [6, 6.07) is 29.6. The molecule has 0 saturated heterocycles. The Bertz CT molecular complexity index is 1990. The van der Waals surface area contributed by atoms with Crippen molar-refractivity contribution < 1.29 is 14.7 Å². The minimum Gasteiger partial charge on any atom is -0.478 e. The van der Waals surface area contributed by atoms with Crippen LogP contribution in [-0.2, 0) is 19.4 Å². The number of aromatic carboxylic acids is 1. The van der Waals surface area contributed by atoms with Gasteiger partial charge in [-0.2, -0.15) is 0 Å². The molecule has 0 saturated carbocycles. The summed E-state index contributed by atoms with van der Waals surface area (Å²) >= 11 is 0. The molecule has 1 amide bonds. The van der Waals surface area contributed by atoms with Gasteiger partial charge in [0.25, 0.3) is 5.91 Å². The van der Waals surface area contributed by atoms with Gasteiger partial charge in [-0.05, 0) is 85.3 Å². The summed E-state index contributed by atoms with van der Waals surface area (Å²) in [6.07, 6.45) is 6.67. The van der Waals surface area contributed by atoms with Crippen LogP contribution in [0, 0.1) is 6.92 Å². The summed E-state index contributed by atoms with van der Waals surface area (Å²) in [7, 11) is 0. The van der Waals surface area contributed by atoms with Crippen LogP contribution >= 0.6 is 0 Å². The lowest BCUT2D eigenvalue weighted by Crippen LogP contribution is -2.25. The van der Waals surface area contributed by atoms with Gasteiger partial charge in [-0.3, -0.25) is 4.79 Å². The molecular weight excluding hydrogens is 560 g/mol. The number of aromatic nitrogens is 3. The zero-order chi connectivity index (χ0) is 31.3. The number of unbranched alkanes of at least 4 members (excludes halogenated alkanes) is 1. The molecule has 6 aromatic rings. The van der Waals surface area contributed by atoms with Crippen LogP contribution in [-0.4, -0.2) is 37.6 Å². The quantitative estimate of drug-likeness (QED) is 0.141. The molecule has 0 fully saturated rings. The van der Waals surface area contributed by atoms with Crippen molar-refractivity contribution in [1.82, 2.24) is 19.4 Å². The Morgan fingerprint density at radius 1 is 0.844 bits per heavy atom. The van der Waals surface area contributed by atoms with Crippen LogP contribution < -0.4 is 5.32 Å². The number of amides is 1. The molecule has 0 aliphatic heterocycles. The lowest BCUT2D eigenvalue weighted by Gasteiger charge is -2.12. The van der Waals surface area contributed by atoms with Crippen molar-refractivity contribution in [3.8, 4) is 5.69 Å². The molecular formula is C38H38N4O3. The number of aryl methyl sites for hydroxylation is 3. The highest BCUT2D eigenvalue weighted by Gasteiger charge is 2.18. The molecule has 228 valence electrons. The van der Waals surface area contributed by atoms with E-state index in [-0.39, 0.29) is 11.5 Å². The fourth-order valence-corrected chi connectivity index (χ4v) is 6.06. The number of carboxylic acids is 1. The van der Waals surface area contributed by atoms with Gasteiger partial charge in [0.05, 0.1) is 27.8 Å². The van der Waals surface area contributed by atoms with Crippen LogP contribution in [0.5, 0.6) is 0 Å². The van der Waals surface area contributed by atoms with E-state index in [1.54, 1.807) is 12.1 Å². The Hall–Kier alpha value is -5.17. The molecule has 6 rings (SSSR count). The van der Waals surface area contributed by atoms with Crippen LogP contribution in [0.25, 0.3) is 27.6 Å². The molecule has 0 spiro atoms. The zero-order valence-corrected chi connectivity index (χ0v) is 25.8. The predicted molar refractivity (Wildman–Crippen MR) is 180 cm³/mol. The molecule has 7 nitrogen and oxygen atoms in total. The van der Waals surface area contributed by atoms with E-state index >= 15 is 0 Å². The first-order valence-electron chi connectivity index (χ1n) is 15.7. The van der Waals surface area contributed by atoms with Gasteiger partial charge in [0.1, 0.15) is 5.82 Å². The van der Waals surface area contributed by atoms with E-state index in [0.29, 0.717) is 24.3 Å². The first-order valence-corrected chi connectivity index (χ1v) is 15.7. The van der Waals surface area contributed by atoms with Gasteiger partial charge >= 0.3 is 5.97 Å². The van der Waals surface area contributed by atoms with Crippen molar-refractivity contribution in [3.63, 3.8) is 0 Å². The predicted octanol–water partition coefficient (Wildman–Crippen LogP) is 7.74. The van der Waals surface area contributed by atoms with Crippen LogP contribution in [0.15, 0.2) is 97.2 Å². The van der Waals surface area contributed by atoms with Crippen molar-refractivity contribution >= 4 is 33.8 Å². The van der Waals surface area contributed by atoms with E-state index in [0.717, 1.165) is 71.0 Å². The minimum absolute atomic E-state index is 0.0691. The third-order valence-electron chi connectivity index (χ3n) is 8.40. The number of carbonyl (C=O) groups excluding carboxylic acids is 1. The third kappa shape index (κ3) is 6.38. The maximum absolute atomic E-state index is 13.3. The molecule has 45 heavy (non-hydrogen) atoms. The number of nitrogens with zero attached hydrogens (tertiary/aromatic N) is 3. The standard InChI is InChI=1S/C38H38N4O3/c1-3-4-16-35-40-36-26(2)22-30(37(43)39-20-10-13-27-11-6-5-7-12-27)24-34(36)42(35)25-28-17-18-32-29(23-28)19-21-41(32)33-15-9-8-14-31(33)38(44)45/h5-9,11-12,14-15,17-19,21-24H,3-4,10,13,16,20,25H2,1-2H3,(H,39,43)(H,44,45). The lowest BCUT2D eigenvalue weighted by atomic mass is 10.1. The number of hydrogen-bond donors (Lipinski definition) is 2. The average Bonchev–Trinajstić information content (AvgIpc) is 3.63. The second-order valence-electron chi connectivity index (χ2n) is 11.6. The van der Waals surface area contributed by atoms with Gasteiger partial charge in [0, 0.05) is 36.7 Å². The molecule has 0 unspecified atom stereocenters. The molecule has 0 aliphatic carbocycles. The van der Waals surface area contributed by atoms with Crippen molar-refractivity contribution in [2.75, 3.05) is 6.54 Å². The molecule has 2 heterocycles. The fourth-order valence-electron chi connectivity index (χ4n) is 6.06. The molecule has 4 aromatic carbocycles. The topological polar surface area (TPSA) is 89.2 Å². The Morgan fingerprint density at radius 3 is 2.44 bits per heavy atom. The summed E-state index contributed by atoms with van der Waals surface area (Å²) in [5, 5.41) is 13.9. The Morgan fingerprint density at radius 2 is 1.64 bits per heavy atom. The van der Waals surface area contributed by atoms with E-state index in [1.165, 1.54) is 5.56 Å². The van der Waals surface area contributed by atoms with Crippen molar-refractivity contribution in [2.45, 2.75) is 52.5 Å². The smallest absolute Gasteiger partial charge is 0.337 e. The van der Waals surface area contributed by atoms with E-state index < -0.39 is 5.97 Å². The lowest BCUT2D eigenvalue weighted by molar-refractivity contribution is 0.0696. The Labute approximate surface area is 263 Å². The van der Waals surface area contributed by atoms with Gasteiger partial charge in [-0.15, -0.1) is 0 Å². The highest BCUT2D eigenvalue weighted by atomic mass is 16.4. The van der Waals surface area contributed by atoms with Crippen LogP contribution in [0.3, 0.4) is 0 Å². The second kappa shape index (κ2) is 13.2. The second-order valence-corrected chi connectivity index (χ2v) is 11.6. The normalized spacial score (nSPS) is 11.3. The number of benzene rings is 4. The van der Waals surface area contributed by atoms with Gasteiger partial charge < -0.3 is 19.6 Å². The van der Waals surface area contributed by atoms with Crippen LogP contribution in [0.2, 0.25) is 0 Å². The van der Waals surface area contributed by atoms with E-state index in [1.807, 2.05) is 72.3 Å². The molecule has 0 atom stereocenters. The zero-order valence-electron chi connectivity index (χ0n) is 25.8. The minimum atomic E-state index is -0.953. The Kier molecular flexibility index (Phi) is 8.78. The van der Waals surface area contributed by atoms with Gasteiger partial charge in [0.2, 0.25) is 0 Å². The van der Waals surface area contributed by atoms with E-state index in [4.69, 9.17) is 4.98 Å². The number of imidazole rings is 1. The van der Waals surface area contributed by atoms with Crippen molar-refractivity contribution in [2.24, 2.45) is 0 Å². The first kappa shape index (κ1) is 29.9. The highest BCUT2D eigenvalue weighted by molar-refractivity contribution is 5.98. The molecule has 0 aliphatic rings. The molecule has 0 radical (unpaired) electrons. The van der Waals surface area contributed by atoms with Gasteiger partial charge in [0.15, 0.2) is 0 Å². The molecule has 2 aromatic heterocycles. The number of para-hydroxylation sites is 1. The maximum Gasteiger partial charge on any atom is 0.337 e. The maximum atomic E-state index is 13.3. The van der Waals surface area contributed by atoms with Crippen LogP contribution in [0.1, 0.15) is 69.4 Å². The third-order valence-corrected chi connectivity index (χ3v) is 8.40. The monoisotopic (exact) mass is 598 g/mol. The number of hydrogen-bond acceptors (Lipinski definition) is 3. The summed E-state index contributed by atoms with van der Waals surface area (Å²) in [5.41, 5.74) is 7.74. The Balaban J connectivity index is 1.28. The highest BCUT2D eigenvalue weighted by Crippen LogP contribution is 2.27. The van der Waals surface area contributed by atoms with Gasteiger partial charge in [-0.25, -0.2) is 9.78 Å². The van der Waals surface area contributed by atoms with E-state index in [9.17, 15) is 14.7 Å².